The molecule has 9 heteroatoms. The number of carbonyl (C=O) groups is 2. The Bertz CT molecular complexity index is 666. The van der Waals surface area contributed by atoms with Crippen LogP contribution in [0, 0.1) is 0 Å². The highest BCUT2D eigenvalue weighted by Crippen LogP contribution is 2.33. The average Bonchev–Trinajstić information content (AvgIpc) is 3.44. The molecule has 2 fully saturated rings. The topological polar surface area (TPSA) is 137 Å². The van der Waals surface area contributed by atoms with Crippen LogP contribution >= 0.6 is 11.8 Å². The fourth-order valence-electron chi connectivity index (χ4n) is 5.05. The van der Waals surface area contributed by atoms with Gasteiger partial charge in [-0.25, -0.2) is 4.79 Å². The van der Waals surface area contributed by atoms with Gasteiger partial charge in [-0.15, -0.1) is 0 Å². The smallest absolute Gasteiger partial charge is 0.315 e. The summed E-state index contributed by atoms with van der Waals surface area (Å²) in [5, 5.41) is 28.1. The van der Waals surface area contributed by atoms with Crippen LogP contribution in [0.3, 0.4) is 0 Å². The zero-order valence-corrected chi connectivity index (χ0v) is 23.5. The number of amides is 3. The van der Waals surface area contributed by atoms with E-state index in [4.69, 9.17) is 10.8 Å². The van der Waals surface area contributed by atoms with E-state index in [9.17, 15) is 14.7 Å². The van der Waals surface area contributed by atoms with Gasteiger partial charge in [-0.1, -0.05) is 76.4 Å². The molecule has 2 heterocycles. The molecule has 214 valence electrons. The molecule has 0 aliphatic carbocycles. The van der Waals surface area contributed by atoms with Crippen molar-refractivity contribution in [2.24, 2.45) is 5.73 Å². The molecule has 2 aliphatic heterocycles. The third-order valence-corrected chi connectivity index (χ3v) is 8.94. The van der Waals surface area contributed by atoms with E-state index in [1.165, 1.54) is 57.8 Å². The number of urea groups is 1. The molecule has 0 radical (unpaired) electrons. The first-order chi connectivity index (χ1) is 18.0. The molecule has 2 aliphatic rings. The maximum atomic E-state index is 12.1. The van der Waals surface area contributed by atoms with Gasteiger partial charge in [0.1, 0.15) is 0 Å². The molecule has 5 atom stereocenters. The summed E-state index contributed by atoms with van der Waals surface area (Å²) in [4.78, 5) is 23.5. The summed E-state index contributed by atoms with van der Waals surface area (Å²) in [5.41, 5.74) is 5.56. The number of aliphatic hydroxyl groups excluding tert-OH is 2. The van der Waals surface area contributed by atoms with Crippen molar-refractivity contribution < 1.29 is 19.8 Å². The summed E-state index contributed by atoms with van der Waals surface area (Å²) in [6, 6.07) is -0.0816. The van der Waals surface area contributed by atoms with Gasteiger partial charge in [-0.2, -0.15) is 11.8 Å². The summed E-state index contributed by atoms with van der Waals surface area (Å²) >= 11 is 1.93. The number of allylic oxidation sites excluding steroid dienone is 1. The zero-order valence-electron chi connectivity index (χ0n) is 22.7. The summed E-state index contributed by atoms with van der Waals surface area (Å²) in [6.07, 6.45) is 21.1. The van der Waals surface area contributed by atoms with Crippen molar-refractivity contribution in [3.63, 3.8) is 0 Å². The molecule has 2 rings (SSSR count). The largest absolute Gasteiger partial charge is 0.395 e. The fourth-order valence-corrected chi connectivity index (χ4v) is 6.60. The molecule has 8 nitrogen and oxygen atoms in total. The molecule has 37 heavy (non-hydrogen) atoms. The maximum Gasteiger partial charge on any atom is 0.315 e. The van der Waals surface area contributed by atoms with Crippen molar-refractivity contribution in [3.05, 3.63) is 12.2 Å². The van der Waals surface area contributed by atoms with Gasteiger partial charge in [0.05, 0.1) is 30.8 Å². The number of aliphatic hydroxyl groups is 2. The first-order valence-corrected chi connectivity index (χ1v) is 15.7. The lowest BCUT2D eigenvalue weighted by Gasteiger charge is -2.16. The Hall–Kier alpha value is -1.29. The first kappa shape index (κ1) is 31.9. The number of nitrogens with two attached hydrogens (primary N) is 1. The van der Waals surface area contributed by atoms with Crippen LogP contribution in [-0.4, -0.2) is 70.5 Å². The minimum atomic E-state index is -0.753. The maximum absolute atomic E-state index is 12.1. The van der Waals surface area contributed by atoms with E-state index in [0.29, 0.717) is 11.7 Å². The van der Waals surface area contributed by atoms with Crippen LogP contribution in [0.2, 0.25) is 0 Å². The number of nitrogens with one attached hydrogen (secondary N) is 3. The van der Waals surface area contributed by atoms with E-state index in [-0.39, 0.29) is 30.6 Å². The second-order valence-corrected chi connectivity index (χ2v) is 11.9. The second-order valence-electron chi connectivity index (χ2n) is 10.7. The Balaban J connectivity index is 1.27. The summed E-state index contributed by atoms with van der Waals surface area (Å²) < 4.78 is 0. The Labute approximate surface area is 228 Å². The summed E-state index contributed by atoms with van der Waals surface area (Å²) in [6.45, 7) is 0.593. The van der Waals surface area contributed by atoms with Crippen LogP contribution in [0.25, 0.3) is 0 Å². The monoisotopic (exact) mass is 540 g/mol. The van der Waals surface area contributed by atoms with E-state index in [1.54, 1.807) is 6.08 Å². The van der Waals surface area contributed by atoms with Crippen LogP contribution in [0.5, 0.6) is 0 Å². The lowest BCUT2D eigenvalue weighted by atomic mass is 10.0. The van der Waals surface area contributed by atoms with E-state index >= 15 is 0 Å². The van der Waals surface area contributed by atoms with Crippen molar-refractivity contribution in [2.45, 2.75) is 132 Å². The van der Waals surface area contributed by atoms with Crippen molar-refractivity contribution in [1.82, 2.24) is 16.0 Å². The Morgan fingerprint density at radius 3 is 2.32 bits per heavy atom. The van der Waals surface area contributed by atoms with Crippen LogP contribution < -0.4 is 21.7 Å². The molecular formula is C28H52N4O4S. The number of hydrogen-bond acceptors (Lipinski definition) is 6. The van der Waals surface area contributed by atoms with Crippen molar-refractivity contribution in [3.8, 4) is 0 Å². The van der Waals surface area contributed by atoms with Crippen molar-refractivity contribution >= 4 is 23.7 Å². The molecule has 3 amide bonds. The van der Waals surface area contributed by atoms with Crippen LogP contribution in [0.15, 0.2) is 12.2 Å². The molecule has 0 unspecified atom stereocenters. The minimum absolute atomic E-state index is 0.0343. The van der Waals surface area contributed by atoms with Gasteiger partial charge < -0.3 is 31.9 Å². The molecule has 0 bridgehead atoms. The van der Waals surface area contributed by atoms with E-state index in [0.717, 1.165) is 50.8 Å². The number of fused-ring (bicyclic) bond motifs is 1. The van der Waals surface area contributed by atoms with E-state index < -0.39 is 12.1 Å². The Morgan fingerprint density at radius 2 is 1.65 bits per heavy atom. The first-order valence-electron chi connectivity index (χ1n) is 14.7. The highest BCUT2D eigenvalue weighted by Gasteiger charge is 2.42. The molecule has 0 aromatic rings. The molecular weight excluding hydrogens is 488 g/mol. The van der Waals surface area contributed by atoms with Crippen LogP contribution in [0.4, 0.5) is 4.79 Å². The van der Waals surface area contributed by atoms with Gasteiger partial charge in [0, 0.05) is 24.0 Å². The number of carbonyl (C=O) groups excluding carboxylic acids is 2. The molecule has 2 saturated heterocycles. The standard InChI is InChI=1S/C28H52N4O4S/c29-22(20-33)24(34)16-12-10-8-6-4-2-1-3-5-7-9-11-15-19-30-26(35)18-14-13-17-25-27-23(21-37-25)31-28(36)32-27/h12,16,22-25,27,33-34H,1-11,13-15,17-21,29H2,(H,30,35)(H2,31,32,36)/b16-12+/t22-,23-,24+,25+,27-/m0/s1. The number of hydrogen-bond donors (Lipinski definition) is 6. The van der Waals surface area contributed by atoms with Crippen LogP contribution in [0.1, 0.15) is 103 Å². The predicted octanol–water partition coefficient (Wildman–Crippen LogP) is 3.75. The number of thioether (sulfide) groups is 1. The summed E-state index contributed by atoms with van der Waals surface area (Å²) in [7, 11) is 0. The third-order valence-electron chi connectivity index (χ3n) is 7.43. The molecule has 0 saturated carbocycles. The lowest BCUT2D eigenvalue weighted by molar-refractivity contribution is -0.121. The molecule has 0 spiro atoms. The Kier molecular flexibility index (Phi) is 17.0. The zero-order chi connectivity index (χ0) is 26.7. The van der Waals surface area contributed by atoms with Gasteiger partial charge in [0.15, 0.2) is 0 Å². The van der Waals surface area contributed by atoms with E-state index in [2.05, 4.69) is 16.0 Å². The SMILES string of the molecule is N[C@@H](CO)[C@H](O)/C=C/CCCCCCCCCCCCCNC(=O)CCCC[C@H]1SC[C@@H]2NC(=O)N[C@@H]21. The molecule has 0 aromatic heterocycles. The highest BCUT2D eigenvalue weighted by molar-refractivity contribution is 8.00. The highest BCUT2D eigenvalue weighted by atomic mass is 32.2. The number of unbranched alkanes of at least 4 members (excludes halogenated alkanes) is 12. The fraction of sp³-hybridized carbons (Fsp3) is 0.857. The van der Waals surface area contributed by atoms with E-state index in [1.807, 2.05) is 17.8 Å². The van der Waals surface area contributed by atoms with Crippen LogP contribution in [-0.2, 0) is 4.79 Å². The average molecular weight is 541 g/mol. The van der Waals surface area contributed by atoms with Crippen molar-refractivity contribution in [1.29, 1.82) is 0 Å². The minimum Gasteiger partial charge on any atom is -0.395 e. The molecule has 7 N–H and O–H groups in total. The lowest BCUT2D eigenvalue weighted by Crippen LogP contribution is -2.36. The van der Waals surface area contributed by atoms with Gasteiger partial charge in [0.2, 0.25) is 5.91 Å². The van der Waals surface area contributed by atoms with Gasteiger partial charge in [-0.05, 0) is 32.1 Å². The quantitative estimate of drug-likeness (QED) is 0.0703. The van der Waals surface area contributed by atoms with Gasteiger partial charge >= 0.3 is 6.03 Å². The summed E-state index contributed by atoms with van der Waals surface area (Å²) in [5.74, 6) is 1.16. The Morgan fingerprint density at radius 1 is 1.00 bits per heavy atom. The van der Waals surface area contributed by atoms with Crippen molar-refractivity contribution in [2.75, 3.05) is 18.9 Å². The number of rotatable bonds is 22. The van der Waals surface area contributed by atoms with Gasteiger partial charge in [-0.3, -0.25) is 4.79 Å². The second kappa shape index (κ2) is 19.7. The van der Waals surface area contributed by atoms with Gasteiger partial charge in [0.25, 0.3) is 0 Å². The molecule has 0 aromatic carbocycles. The normalized spacial score (nSPS) is 22.6. The third kappa shape index (κ3) is 13.9. The predicted molar refractivity (Wildman–Crippen MR) is 153 cm³/mol.